The lowest BCUT2D eigenvalue weighted by Gasteiger charge is -2.10. The predicted molar refractivity (Wildman–Crippen MR) is 58.4 cm³/mol. The van der Waals surface area contributed by atoms with E-state index in [9.17, 15) is 4.79 Å². The van der Waals surface area contributed by atoms with Gasteiger partial charge in [-0.3, -0.25) is 0 Å². The number of carbonyl (C=O) groups is 1. The number of esters is 1. The van der Waals surface area contributed by atoms with Crippen LogP contribution >= 0.6 is 0 Å². The normalized spacial score (nSPS) is 9.38. The van der Waals surface area contributed by atoms with Crippen molar-refractivity contribution < 1.29 is 14.3 Å². The summed E-state index contributed by atoms with van der Waals surface area (Å²) in [5.41, 5.74) is 1.46. The minimum Gasteiger partial charge on any atom is -0.495 e. The molecule has 1 aromatic rings. The van der Waals surface area contributed by atoms with Crippen LogP contribution in [0.15, 0.2) is 12.1 Å². The summed E-state index contributed by atoms with van der Waals surface area (Å²) < 4.78 is 10.0. The molecule has 0 radical (unpaired) electrons. The van der Waals surface area contributed by atoms with Gasteiger partial charge in [-0.1, -0.05) is 0 Å². The third-order valence-corrected chi connectivity index (χ3v) is 2.23. The quantitative estimate of drug-likeness (QED) is 0.730. The van der Waals surface area contributed by atoms with Crippen molar-refractivity contribution in [3.63, 3.8) is 0 Å². The Labute approximate surface area is 94.4 Å². The number of carbonyl (C=O) groups excluding carboxylic acids is 1. The van der Waals surface area contributed by atoms with Gasteiger partial charge in [-0.15, -0.1) is 0 Å². The van der Waals surface area contributed by atoms with E-state index < -0.39 is 5.97 Å². The first-order chi connectivity index (χ1) is 7.65. The van der Waals surface area contributed by atoms with Crippen LogP contribution < -0.4 is 4.74 Å². The fraction of sp³-hybridized carbons (Fsp3) is 0.333. The molecule has 0 aromatic heterocycles. The minimum absolute atomic E-state index is 0.320. The molecule has 16 heavy (non-hydrogen) atoms. The van der Waals surface area contributed by atoms with Crippen LogP contribution in [0.25, 0.3) is 0 Å². The fourth-order valence-electron chi connectivity index (χ4n) is 1.47. The van der Waals surface area contributed by atoms with Crippen LogP contribution in [0.5, 0.6) is 5.75 Å². The second-order valence-corrected chi connectivity index (χ2v) is 3.15. The average Bonchev–Trinajstić information content (AvgIpc) is 2.28. The highest BCUT2D eigenvalue weighted by Gasteiger charge is 2.16. The number of ether oxygens (including phenoxy) is 2. The maximum absolute atomic E-state index is 11.6. The molecule has 4 heteroatoms. The maximum atomic E-state index is 11.6. The third kappa shape index (κ3) is 2.14. The molecule has 0 aliphatic heterocycles. The van der Waals surface area contributed by atoms with E-state index in [1.807, 2.05) is 6.07 Å². The van der Waals surface area contributed by atoms with E-state index in [1.54, 1.807) is 26.0 Å². The van der Waals surface area contributed by atoms with Crippen molar-refractivity contribution >= 4 is 5.97 Å². The standard InChI is InChI=1S/C12H13NO3/c1-4-16-12(14)10-6-5-9(7-13)11(15-3)8(10)2/h5-6H,4H2,1-3H3. The summed E-state index contributed by atoms with van der Waals surface area (Å²) in [5, 5.41) is 8.86. The zero-order valence-electron chi connectivity index (χ0n) is 9.53. The highest BCUT2D eigenvalue weighted by molar-refractivity contribution is 5.92. The first-order valence-corrected chi connectivity index (χ1v) is 4.90. The predicted octanol–water partition coefficient (Wildman–Crippen LogP) is 2.05. The highest BCUT2D eigenvalue weighted by atomic mass is 16.5. The molecule has 0 heterocycles. The molecular weight excluding hydrogens is 206 g/mol. The van der Waals surface area contributed by atoms with Gasteiger partial charge in [-0.25, -0.2) is 4.79 Å². The molecule has 0 aliphatic rings. The largest absolute Gasteiger partial charge is 0.495 e. The van der Waals surface area contributed by atoms with Crippen LogP contribution in [0.3, 0.4) is 0 Å². The summed E-state index contributed by atoms with van der Waals surface area (Å²) in [5.74, 6) is 0.0239. The van der Waals surface area contributed by atoms with Crippen molar-refractivity contribution in [3.05, 3.63) is 28.8 Å². The Hall–Kier alpha value is -2.02. The fourth-order valence-corrected chi connectivity index (χ4v) is 1.47. The molecule has 0 bridgehead atoms. The Balaban J connectivity index is 3.25. The van der Waals surface area contributed by atoms with Crippen LogP contribution in [-0.4, -0.2) is 19.7 Å². The molecule has 0 unspecified atom stereocenters. The Morgan fingerprint density at radius 1 is 1.50 bits per heavy atom. The smallest absolute Gasteiger partial charge is 0.338 e. The molecule has 0 aliphatic carbocycles. The number of methoxy groups -OCH3 is 1. The summed E-state index contributed by atoms with van der Waals surface area (Å²) in [4.78, 5) is 11.6. The van der Waals surface area contributed by atoms with Crippen molar-refractivity contribution in [2.75, 3.05) is 13.7 Å². The SMILES string of the molecule is CCOC(=O)c1ccc(C#N)c(OC)c1C. The van der Waals surface area contributed by atoms with Gasteiger partial charge in [0.1, 0.15) is 11.8 Å². The molecule has 4 nitrogen and oxygen atoms in total. The van der Waals surface area contributed by atoms with Gasteiger partial charge in [0.15, 0.2) is 0 Å². The monoisotopic (exact) mass is 219 g/mol. The van der Waals surface area contributed by atoms with Gasteiger partial charge in [0, 0.05) is 5.56 Å². The Bertz CT molecular complexity index is 446. The van der Waals surface area contributed by atoms with Gasteiger partial charge in [0.25, 0.3) is 0 Å². The molecule has 1 rings (SSSR count). The lowest BCUT2D eigenvalue weighted by atomic mass is 10.0. The van der Waals surface area contributed by atoms with Gasteiger partial charge < -0.3 is 9.47 Å². The summed E-state index contributed by atoms with van der Waals surface area (Å²) in [6.45, 7) is 3.79. The Morgan fingerprint density at radius 3 is 2.69 bits per heavy atom. The highest BCUT2D eigenvalue weighted by Crippen LogP contribution is 2.26. The van der Waals surface area contributed by atoms with E-state index >= 15 is 0 Å². The number of benzene rings is 1. The van der Waals surface area contributed by atoms with Crippen molar-refractivity contribution in [1.29, 1.82) is 5.26 Å². The van der Waals surface area contributed by atoms with E-state index in [2.05, 4.69) is 0 Å². The topological polar surface area (TPSA) is 59.3 Å². The van der Waals surface area contributed by atoms with Crippen molar-refractivity contribution in [2.45, 2.75) is 13.8 Å². The van der Waals surface area contributed by atoms with Crippen LogP contribution in [0, 0.1) is 18.3 Å². The molecule has 0 fully saturated rings. The molecular formula is C12H13NO3. The summed E-state index contributed by atoms with van der Waals surface area (Å²) >= 11 is 0. The molecule has 0 saturated carbocycles. The number of hydrogen-bond acceptors (Lipinski definition) is 4. The summed E-state index contributed by atoms with van der Waals surface area (Å²) in [6.07, 6.45) is 0. The summed E-state index contributed by atoms with van der Waals surface area (Å²) in [7, 11) is 1.47. The van der Waals surface area contributed by atoms with Gasteiger partial charge in [0.05, 0.1) is 24.8 Å². The van der Waals surface area contributed by atoms with E-state index in [1.165, 1.54) is 7.11 Å². The number of nitrogens with zero attached hydrogens (tertiary/aromatic N) is 1. The van der Waals surface area contributed by atoms with Crippen LogP contribution in [0.2, 0.25) is 0 Å². The zero-order valence-corrected chi connectivity index (χ0v) is 9.53. The lowest BCUT2D eigenvalue weighted by Crippen LogP contribution is -2.08. The van der Waals surface area contributed by atoms with Gasteiger partial charge >= 0.3 is 5.97 Å². The summed E-state index contributed by atoms with van der Waals surface area (Å²) in [6, 6.07) is 5.14. The van der Waals surface area contributed by atoms with Crippen LogP contribution in [-0.2, 0) is 4.74 Å². The van der Waals surface area contributed by atoms with Crippen LogP contribution in [0.4, 0.5) is 0 Å². The molecule has 0 atom stereocenters. The average molecular weight is 219 g/mol. The Kier molecular flexibility index (Phi) is 3.90. The minimum atomic E-state index is -0.400. The molecule has 0 amide bonds. The molecule has 0 spiro atoms. The lowest BCUT2D eigenvalue weighted by molar-refractivity contribution is 0.0525. The zero-order chi connectivity index (χ0) is 12.1. The first-order valence-electron chi connectivity index (χ1n) is 4.90. The van der Waals surface area contributed by atoms with Gasteiger partial charge in [-0.05, 0) is 26.0 Å². The number of nitriles is 1. The number of rotatable bonds is 3. The van der Waals surface area contributed by atoms with Crippen molar-refractivity contribution in [3.8, 4) is 11.8 Å². The van der Waals surface area contributed by atoms with Crippen molar-refractivity contribution in [2.24, 2.45) is 0 Å². The van der Waals surface area contributed by atoms with E-state index in [4.69, 9.17) is 14.7 Å². The van der Waals surface area contributed by atoms with Crippen LogP contribution in [0.1, 0.15) is 28.4 Å². The molecule has 0 N–H and O–H groups in total. The third-order valence-electron chi connectivity index (χ3n) is 2.23. The molecule has 0 saturated heterocycles. The molecule has 84 valence electrons. The van der Waals surface area contributed by atoms with E-state index in [0.29, 0.717) is 29.0 Å². The molecule has 1 aromatic carbocycles. The van der Waals surface area contributed by atoms with E-state index in [-0.39, 0.29) is 0 Å². The second kappa shape index (κ2) is 5.17. The van der Waals surface area contributed by atoms with Gasteiger partial charge in [-0.2, -0.15) is 5.26 Å². The van der Waals surface area contributed by atoms with E-state index in [0.717, 1.165) is 0 Å². The second-order valence-electron chi connectivity index (χ2n) is 3.15. The number of hydrogen-bond donors (Lipinski definition) is 0. The van der Waals surface area contributed by atoms with Crippen molar-refractivity contribution in [1.82, 2.24) is 0 Å². The first kappa shape index (κ1) is 12.1. The maximum Gasteiger partial charge on any atom is 0.338 e. The Morgan fingerprint density at radius 2 is 2.19 bits per heavy atom. The van der Waals surface area contributed by atoms with Gasteiger partial charge in [0.2, 0.25) is 0 Å².